The van der Waals surface area contributed by atoms with Gasteiger partial charge in [-0.15, -0.1) is 0 Å². The average molecular weight is 414 g/mol. The number of hydrogen-bond acceptors (Lipinski definition) is 6. The molecule has 1 aliphatic heterocycles. The molecule has 7 nitrogen and oxygen atoms in total. The number of ketones is 1. The number of allylic oxidation sites excluding steroid dienone is 2. The van der Waals surface area contributed by atoms with Gasteiger partial charge >= 0.3 is 0 Å². The summed E-state index contributed by atoms with van der Waals surface area (Å²) in [4.78, 5) is 12.3. The highest BCUT2D eigenvalue weighted by atomic mass is 35.5. The zero-order valence-corrected chi connectivity index (χ0v) is 16.4. The Bertz CT molecular complexity index is 1090. The Morgan fingerprint density at radius 1 is 1.28 bits per heavy atom. The van der Waals surface area contributed by atoms with Gasteiger partial charge in [0.2, 0.25) is 5.95 Å². The molecule has 1 unspecified atom stereocenters. The first-order valence-corrected chi connectivity index (χ1v) is 9.25. The molecule has 4 rings (SSSR count). The maximum absolute atomic E-state index is 13.9. The van der Waals surface area contributed by atoms with Crippen molar-refractivity contribution in [3.63, 3.8) is 0 Å². The Labute approximate surface area is 171 Å². The van der Waals surface area contributed by atoms with Crippen LogP contribution >= 0.6 is 11.6 Å². The van der Waals surface area contributed by atoms with Crippen molar-refractivity contribution in [2.75, 3.05) is 5.32 Å². The summed E-state index contributed by atoms with van der Waals surface area (Å²) in [5.41, 5.74) is 2.41. The summed E-state index contributed by atoms with van der Waals surface area (Å²) in [7, 11) is 0. The fourth-order valence-electron chi connectivity index (χ4n) is 3.35. The monoisotopic (exact) mass is 413 g/mol. The number of fused-ring (bicyclic) bond motifs is 1. The van der Waals surface area contributed by atoms with E-state index in [-0.39, 0.29) is 12.4 Å². The molecule has 3 aromatic rings. The third-order valence-corrected chi connectivity index (χ3v) is 5.09. The molecule has 0 radical (unpaired) electrons. The molecule has 1 aliphatic rings. The fraction of sp³-hybridized carbons (Fsp3) is 0.200. The first-order chi connectivity index (χ1) is 14.0. The highest BCUT2D eigenvalue weighted by Crippen LogP contribution is 2.35. The molecule has 9 heteroatoms. The molecule has 1 N–H and O–H groups in total. The normalized spacial score (nSPS) is 15.7. The minimum Gasteiger partial charge on any atom is -0.489 e. The van der Waals surface area contributed by atoms with Crippen LogP contribution in [-0.4, -0.2) is 26.0 Å². The van der Waals surface area contributed by atoms with Crippen LogP contribution in [0.1, 0.15) is 31.0 Å². The van der Waals surface area contributed by atoms with Crippen LogP contribution in [0.2, 0.25) is 5.02 Å². The van der Waals surface area contributed by atoms with Crippen molar-refractivity contribution in [1.82, 2.24) is 20.2 Å². The van der Waals surface area contributed by atoms with Gasteiger partial charge in [-0.2, -0.15) is 4.68 Å². The lowest BCUT2D eigenvalue weighted by atomic mass is 9.93. The Morgan fingerprint density at radius 2 is 2.03 bits per heavy atom. The quantitative estimate of drug-likeness (QED) is 0.682. The van der Waals surface area contributed by atoms with Gasteiger partial charge in [0.05, 0.1) is 5.02 Å². The topological polar surface area (TPSA) is 81.9 Å². The summed E-state index contributed by atoms with van der Waals surface area (Å²) < 4.78 is 21.1. The molecule has 0 amide bonds. The molecule has 29 heavy (non-hydrogen) atoms. The molecule has 0 spiro atoms. The van der Waals surface area contributed by atoms with E-state index in [0.29, 0.717) is 33.6 Å². The van der Waals surface area contributed by atoms with Crippen molar-refractivity contribution >= 4 is 23.3 Å². The number of carbonyl (C=O) groups excluding carboxylic acids is 1. The van der Waals surface area contributed by atoms with Crippen LogP contribution in [0, 0.1) is 5.82 Å². The van der Waals surface area contributed by atoms with Crippen LogP contribution in [0.4, 0.5) is 10.3 Å². The summed E-state index contributed by atoms with van der Waals surface area (Å²) in [6.45, 7) is 3.34. The molecule has 2 heterocycles. The lowest BCUT2D eigenvalue weighted by Gasteiger charge is -2.27. The highest BCUT2D eigenvalue weighted by molar-refractivity contribution is 6.31. The van der Waals surface area contributed by atoms with Gasteiger partial charge in [0.25, 0.3) is 0 Å². The molecule has 1 atom stereocenters. The van der Waals surface area contributed by atoms with Gasteiger partial charge in [0.15, 0.2) is 5.78 Å². The van der Waals surface area contributed by atoms with Crippen molar-refractivity contribution in [1.29, 1.82) is 0 Å². The van der Waals surface area contributed by atoms with Gasteiger partial charge in [-0.1, -0.05) is 34.9 Å². The van der Waals surface area contributed by atoms with Crippen molar-refractivity contribution in [2.45, 2.75) is 26.5 Å². The zero-order valence-electron chi connectivity index (χ0n) is 15.7. The highest BCUT2D eigenvalue weighted by Gasteiger charge is 2.32. The number of Topliss-reactive ketones (excluding diaryl/α,β-unsaturated/α-hetero) is 1. The van der Waals surface area contributed by atoms with E-state index in [1.807, 2.05) is 19.1 Å². The second-order valence-electron chi connectivity index (χ2n) is 6.63. The lowest BCUT2D eigenvalue weighted by Crippen LogP contribution is -2.27. The second kappa shape index (κ2) is 7.63. The molecule has 0 saturated heterocycles. The van der Waals surface area contributed by atoms with Crippen molar-refractivity contribution < 1.29 is 13.9 Å². The second-order valence-corrected chi connectivity index (χ2v) is 7.03. The summed E-state index contributed by atoms with van der Waals surface area (Å²) in [5, 5.41) is 15.0. The summed E-state index contributed by atoms with van der Waals surface area (Å²) >= 11 is 6.03. The van der Waals surface area contributed by atoms with E-state index in [1.165, 1.54) is 13.0 Å². The van der Waals surface area contributed by atoms with Crippen LogP contribution in [0.5, 0.6) is 5.75 Å². The molecule has 0 fully saturated rings. The van der Waals surface area contributed by atoms with Gasteiger partial charge in [-0.25, -0.2) is 4.39 Å². The summed E-state index contributed by atoms with van der Waals surface area (Å²) in [6, 6.07) is 11.2. The standard InChI is InChI=1S/C20H17ClFN5O2/c1-11-18(12(2)28)19(27-20(23-11)24-25-26-27)13-6-8-14(9-7-13)29-10-15-16(21)4-3-5-17(15)22/h3-9,19H,10H2,1-2H3,(H,23,24,26). The number of nitrogens with one attached hydrogen (secondary N) is 1. The molecular weight excluding hydrogens is 397 g/mol. The fourth-order valence-corrected chi connectivity index (χ4v) is 3.57. The van der Waals surface area contributed by atoms with E-state index in [1.54, 1.807) is 28.9 Å². The third kappa shape index (κ3) is 3.58. The number of anilines is 1. The maximum atomic E-state index is 13.9. The predicted molar refractivity (Wildman–Crippen MR) is 105 cm³/mol. The maximum Gasteiger partial charge on any atom is 0.248 e. The van der Waals surface area contributed by atoms with E-state index >= 15 is 0 Å². The minimum absolute atomic E-state index is 0.00700. The van der Waals surface area contributed by atoms with Crippen molar-refractivity contribution in [3.8, 4) is 5.75 Å². The molecule has 0 aliphatic carbocycles. The number of aromatic nitrogens is 4. The number of carbonyl (C=O) groups is 1. The number of ether oxygens (including phenoxy) is 1. The molecule has 1 aromatic heterocycles. The Kier molecular flexibility index (Phi) is 5.02. The zero-order chi connectivity index (χ0) is 20.5. The summed E-state index contributed by atoms with van der Waals surface area (Å²) in [6.07, 6.45) is 0. The largest absolute Gasteiger partial charge is 0.489 e. The Morgan fingerprint density at radius 3 is 2.72 bits per heavy atom. The van der Waals surface area contributed by atoms with Gasteiger partial charge in [0, 0.05) is 16.8 Å². The number of nitrogens with zero attached hydrogens (tertiary/aromatic N) is 4. The first-order valence-electron chi connectivity index (χ1n) is 8.88. The molecule has 2 aromatic carbocycles. The van der Waals surface area contributed by atoms with Crippen LogP contribution in [0.15, 0.2) is 53.7 Å². The number of tetrazole rings is 1. The van der Waals surface area contributed by atoms with E-state index in [4.69, 9.17) is 16.3 Å². The number of benzene rings is 2. The summed E-state index contributed by atoms with van der Waals surface area (Å²) in [5.74, 6) is 0.522. The van der Waals surface area contributed by atoms with E-state index in [9.17, 15) is 9.18 Å². The molecule has 148 valence electrons. The predicted octanol–water partition coefficient (Wildman–Crippen LogP) is 3.92. The third-order valence-electron chi connectivity index (χ3n) is 4.73. The number of rotatable bonds is 5. The van der Waals surface area contributed by atoms with E-state index in [0.717, 1.165) is 5.56 Å². The SMILES string of the molecule is CC(=O)C1=C(C)Nc2nnnn2C1c1ccc(OCc2c(F)cccc2Cl)cc1. The van der Waals surface area contributed by atoms with Gasteiger partial charge in [-0.05, 0) is 54.1 Å². The first kappa shape index (κ1) is 19.1. The van der Waals surface area contributed by atoms with E-state index in [2.05, 4.69) is 20.8 Å². The Hall–Kier alpha value is -3.26. The average Bonchev–Trinajstić information content (AvgIpc) is 3.15. The van der Waals surface area contributed by atoms with Gasteiger partial charge < -0.3 is 10.1 Å². The minimum atomic E-state index is -0.450. The van der Waals surface area contributed by atoms with Gasteiger partial charge in [-0.3, -0.25) is 4.79 Å². The van der Waals surface area contributed by atoms with Crippen molar-refractivity contribution in [2.24, 2.45) is 0 Å². The molecular formula is C20H17ClFN5O2. The van der Waals surface area contributed by atoms with Crippen LogP contribution < -0.4 is 10.1 Å². The Balaban J connectivity index is 1.60. The van der Waals surface area contributed by atoms with Crippen molar-refractivity contribution in [3.05, 3.63) is 75.7 Å². The van der Waals surface area contributed by atoms with Crippen LogP contribution in [-0.2, 0) is 11.4 Å². The lowest BCUT2D eigenvalue weighted by molar-refractivity contribution is -0.114. The smallest absolute Gasteiger partial charge is 0.248 e. The van der Waals surface area contributed by atoms with E-state index < -0.39 is 11.9 Å². The molecule has 0 bridgehead atoms. The number of hydrogen-bond donors (Lipinski definition) is 1. The van der Waals surface area contributed by atoms with Crippen LogP contribution in [0.3, 0.4) is 0 Å². The molecule has 0 saturated carbocycles. The number of halogens is 2. The van der Waals surface area contributed by atoms with Crippen LogP contribution in [0.25, 0.3) is 0 Å². The van der Waals surface area contributed by atoms with Gasteiger partial charge in [0.1, 0.15) is 24.2 Å².